The Balaban J connectivity index is 0.000000319. The average Bonchev–Trinajstić information content (AvgIpc) is 3.04. The van der Waals surface area contributed by atoms with E-state index in [0.717, 1.165) is 61.2 Å². The number of hydrogen-bond donors (Lipinski definition) is 1. The second kappa shape index (κ2) is 20.9. The lowest BCUT2D eigenvalue weighted by molar-refractivity contribution is -0.122. The summed E-state index contributed by atoms with van der Waals surface area (Å²) in [5.74, 6) is 4.60. The van der Waals surface area contributed by atoms with E-state index in [0.29, 0.717) is 31.0 Å². The minimum atomic E-state index is 0.0544. The number of Topliss-reactive ketones (excluding diaryl/α,β-unsaturated/α-hetero) is 2. The summed E-state index contributed by atoms with van der Waals surface area (Å²) >= 11 is 0. The van der Waals surface area contributed by atoms with Crippen molar-refractivity contribution in [3.63, 3.8) is 0 Å². The molecule has 0 saturated carbocycles. The summed E-state index contributed by atoms with van der Waals surface area (Å²) in [6.07, 6.45) is 8.65. The maximum atomic E-state index is 11.4. The standard InChI is InChI=1S/C21H30N2O2.C16H22O3/c1-4-17(5-2)15-18-7-9-19(10-8-18)25-14-6-12-22-21-16-20(24-3)11-13-23-21;1-12(2)16(18)6-4-5-11-19-15-9-7-14(8-10-15)13(3)17/h7-11,13,16-17H,4-6,12,14-15H2,1-3H3,(H,22,23);7-10,12H,4-6,11H2,1-3H3. The Hall–Kier alpha value is -3.87. The van der Waals surface area contributed by atoms with E-state index in [1.54, 1.807) is 44.5 Å². The van der Waals surface area contributed by atoms with Crippen LogP contribution in [0.25, 0.3) is 0 Å². The van der Waals surface area contributed by atoms with Gasteiger partial charge >= 0.3 is 0 Å². The molecule has 0 radical (unpaired) electrons. The zero-order valence-corrected chi connectivity index (χ0v) is 27.6. The maximum Gasteiger partial charge on any atom is 0.159 e. The van der Waals surface area contributed by atoms with Crippen LogP contribution in [0.1, 0.15) is 89.1 Å². The van der Waals surface area contributed by atoms with Crippen molar-refractivity contribution < 1.29 is 23.8 Å². The molecule has 3 rings (SSSR count). The van der Waals surface area contributed by atoms with E-state index in [9.17, 15) is 9.59 Å². The maximum absolute atomic E-state index is 11.4. The molecule has 0 saturated heterocycles. The predicted molar refractivity (Wildman–Crippen MR) is 179 cm³/mol. The molecule has 0 amide bonds. The van der Waals surface area contributed by atoms with Crippen LogP contribution in [-0.4, -0.2) is 43.4 Å². The van der Waals surface area contributed by atoms with E-state index in [1.165, 1.54) is 18.4 Å². The van der Waals surface area contributed by atoms with Gasteiger partial charge in [0.25, 0.3) is 0 Å². The molecule has 0 spiro atoms. The Labute approximate surface area is 264 Å². The summed E-state index contributed by atoms with van der Waals surface area (Å²) in [6.45, 7) is 12.0. The summed E-state index contributed by atoms with van der Waals surface area (Å²) in [5.41, 5.74) is 2.08. The van der Waals surface area contributed by atoms with Gasteiger partial charge in [0.1, 0.15) is 28.8 Å². The van der Waals surface area contributed by atoms with Crippen molar-refractivity contribution in [3.8, 4) is 17.2 Å². The van der Waals surface area contributed by atoms with Crippen molar-refractivity contribution in [2.24, 2.45) is 11.8 Å². The smallest absolute Gasteiger partial charge is 0.159 e. The van der Waals surface area contributed by atoms with Crippen molar-refractivity contribution in [3.05, 3.63) is 78.0 Å². The van der Waals surface area contributed by atoms with E-state index in [-0.39, 0.29) is 11.7 Å². The molecule has 1 heterocycles. The third kappa shape index (κ3) is 14.5. The van der Waals surface area contributed by atoms with E-state index < -0.39 is 0 Å². The van der Waals surface area contributed by atoms with Crippen LogP contribution in [0, 0.1) is 11.8 Å². The minimum absolute atomic E-state index is 0.0544. The Bertz CT molecular complexity index is 1220. The van der Waals surface area contributed by atoms with Gasteiger partial charge < -0.3 is 19.5 Å². The third-order valence-electron chi connectivity index (χ3n) is 7.46. The average molecular weight is 605 g/mol. The first-order valence-corrected chi connectivity index (χ1v) is 16.0. The highest BCUT2D eigenvalue weighted by Gasteiger charge is 2.07. The van der Waals surface area contributed by atoms with E-state index in [4.69, 9.17) is 14.2 Å². The van der Waals surface area contributed by atoms with Gasteiger partial charge in [-0.15, -0.1) is 0 Å². The molecule has 0 unspecified atom stereocenters. The third-order valence-corrected chi connectivity index (χ3v) is 7.46. The molecule has 44 heavy (non-hydrogen) atoms. The molecule has 1 N–H and O–H groups in total. The molecule has 0 aliphatic carbocycles. The SMILES string of the molecule is CC(=O)c1ccc(OCCCCC(=O)C(C)C)cc1.CCC(CC)Cc1ccc(OCCCNc2cc(OC)ccn2)cc1. The highest BCUT2D eigenvalue weighted by atomic mass is 16.5. The Morgan fingerprint density at radius 2 is 1.43 bits per heavy atom. The number of unbranched alkanes of at least 4 members (excludes halogenated alkanes) is 1. The van der Waals surface area contributed by atoms with Gasteiger partial charge in [-0.3, -0.25) is 9.59 Å². The molecule has 7 heteroatoms. The molecule has 0 fully saturated rings. The van der Waals surface area contributed by atoms with Gasteiger partial charge in [0.15, 0.2) is 5.78 Å². The van der Waals surface area contributed by atoms with Crippen molar-refractivity contribution in [2.75, 3.05) is 32.2 Å². The number of hydrogen-bond acceptors (Lipinski definition) is 7. The number of aromatic nitrogens is 1. The van der Waals surface area contributed by atoms with Crippen molar-refractivity contribution >= 4 is 17.4 Å². The molecule has 0 aliphatic rings. The molecule has 7 nitrogen and oxygen atoms in total. The minimum Gasteiger partial charge on any atom is -0.497 e. The second-order valence-corrected chi connectivity index (χ2v) is 11.2. The number of carbonyl (C=O) groups is 2. The summed E-state index contributed by atoms with van der Waals surface area (Å²) in [4.78, 5) is 26.8. The quantitative estimate of drug-likeness (QED) is 0.108. The number of nitrogens with zero attached hydrogens (tertiary/aromatic N) is 1. The normalized spacial score (nSPS) is 10.6. The fourth-order valence-corrected chi connectivity index (χ4v) is 4.41. The number of rotatable bonds is 19. The van der Waals surface area contributed by atoms with Crippen LogP contribution >= 0.6 is 0 Å². The number of anilines is 1. The monoisotopic (exact) mass is 604 g/mol. The fraction of sp³-hybridized carbons (Fsp3) is 0.486. The Morgan fingerprint density at radius 1 is 0.818 bits per heavy atom. The largest absolute Gasteiger partial charge is 0.497 e. The van der Waals surface area contributed by atoms with Gasteiger partial charge in [-0.2, -0.15) is 0 Å². The van der Waals surface area contributed by atoms with E-state index in [1.807, 2.05) is 26.0 Å². The predicted octanol–water partition coefficient (Wildman–Crippen LogP) is 8.61. The highest BCUT2D eigenvalue weighted by Crippen LogP contribution is 2.19. The summed E-state index contributed by atoms with van der Waals surface area (Å²) in [7, 11) is 1.66. The number of ketones is 2. The lowest BCUT2D eigenvalue weighted by atomic mass is 9.95. The Kier molecular flexibility index (Phi) is 17.3. The molecule has 0 atom stereocenters. The van der Waals surface area contributed by atoms with Crippen LogP contribution < -0.4 is 19.5 Å². The number of benzene rings is 2. The van der Waals surface area contributed by atoms with E-state index >= 15 is 0 Å². The first-order chi connectivity index (χ1) is 21.2. The number of methoxy groups -OCH3 is 1. The molecule has 2 aromatic carbocycles. The van der Waals surface area contributed by atoms with Crippen LogP contribution in [-0.2, 0) is 11.2 Å². The summed E-state index contributed by atoms with van der Waals surface area (Å²) in [5, 5.41) is 3.28. The van der Waals surface area contributed by atoms with Crippen LogP contribution in [0.2, 0.25) is 0 Å². The van der Waals surface area contributed by atoms with Gasteiger partial charge in [-0.25, -0.2) is 4.98 Å². The lowest BCUT2D eigenvalue weighted by Crippen LogP contribution is -2.08. The molecule has 240 valence electrons. The van der Waals surface area contributed by atoms with Gasteiger partial charge in [0, 0.05) is 36.7 Å². The second-order valence-electron chi connectivity index (χ2n) is 11.2. The van der Waals surface area contributed by atoms with Crippen LogP contribution in [0.3, 0.4) is 0 Å². The van der Waals surface area contributed by atoms with Gasteiger partial charge in [0.2, 0.25) is 0 Å². The van der Waals surface area contributed by atoms with Crippen LogP contribution in [0.5, 0.6) is 17.2 Å². The van der Waals surface area contributed by atoms with Gasteiger partial charge in [-0.1, -0.05) is 52.7 Å². The van der Waals surface area contributed by atoms with Crippen molar-refractivity contribution in [1.29, 1.82) is 0 Å². The summed E-state index contributed by atoms with van der Waals surface area (Å²) < 4.78 is 16.6. The topological polar surface area (TPSA) is 86.8 Å². The molecular formula is C37H52N2O5. The molecule has 1 aromatic heterocycles. The van der Waals surface area contributed by atoms with E-state index in [2.05, 4.69) is 48.4 Å². The molecular weight excluding hydrogens is 552 g/mol. The number of pyridine rings is 1. The van der Waals surface area contributed by atoms with Crippen molar-refractivity contribution in [1.82, 2.24) is 4.98 Å². The zero-order chi connectivity index (χ0) is 32.2. The number of nitrogens with one attached hydrogen (secondary N) is 1. The Morgan fingerprint density at radius 3 is 2.00 bits per heavy atom. The molecule has 0 aliphatic heterocycles. The lowest BCUT2D eigenvalue weighted by Gasteiger charge is -2.13. The fourth-order valence-electron chi connectivity index (χ4n) is 4.41. The molecule has 3 aromatic rings. The zero-order valence-electron chi connectivity index (χ0n) is 27.6. The highest BCUT2D eigenvalue weighted by molar-refractivity contribution is 5.94. The van der Waals surface area contributed by atoms with Gasteiger partial charge in [0.05, 0.1) is 20.3 Å². The van der Waals surface area contributed by atoms with Gasteiger partial charge in [-0.05, 0) is 86.6 Å². The first-order valence-electron chi connectivity index (χ1n) is 16.0. The van der Waals surface area contributed by atoms with Crippen LogP contribution in [0.4, 0.5) is 5.82 Å². The number of carbonyl (C=O) groups excluding carboxylic acids is 2. The number of ether oxygens (including phenoxy) is 3. The molecule has 0 bridgehead atoms. The first kappa shape index (κ1) is 36.3. The van der Waals surface area contributed by atoms with Crippen LogP contribution in [0.15, 0.2) is 66.9 Å². The van der Waals surface area contributed by atoms with Crippen molar-refractivity contribution in [2.45, 2.75) is 79.6 Å². The summed E-state index contributed by atoms with van der Waals surface area (Å²) in [6, 6.07) is 19.4.